The van der Waals surface area contributed by atoms with Crippen LogP contribution in [0, 0.1) is 52.3 Å². The highest BCUT2D eigenvalue weighted by molar-refractivity contribution is 7.83. The summed E-state index contributed by atoms with van der Waals surface area (Å²) < 4.78 is 578. The number of hydrogen-bond acceptors (Lipinski definition) is 61. The van der Waals surface area contributed by atoms with Gasteiger partial charge >= 0.3 is 0 Å². The zero-order valence-electron chi connectivity index (χ0n) is 63.7. The molecular weight excluding hydrogens is 2010 g/mol. The highest BCUT2D eigenvalue weighted by Crippen LogP contribution is 2.69. The van der Waals surface area contributed by atoms with Crippen molar-refractivity contribution in [3.8, 4) is 0 Å². The van der Waals surface area contributed by atoms with Crippen molar-refractivity contribution in [1.82, 2.24) is 0 Å². The van der Waals surface area contributed by atoms with Crippen LogP contribution >= 0.6 is 0 Å². The van der Waals surface area contributed by atoms with Crippen LogP contribution in [-0.4, -0.2) is 324 Å². The predicted octanol–water partition coefficient (Wildman–Crippen LogP) is -8.00. The van der Waals surface area contributed by atoms with Gasteiger partial charge in [-0.3, -0.25) is 54.4 Å². The van der Waals surface area contributed by atoms with Crippen LogP contribution in [0.4, 0.5) is 0 Å². The summed E-state index contributed by atoms with van der Waals surface area (Å²) in [6, 6.07) is 0. The molecule has 0 spiro atoms. The Kier molecular flexibility index (Phi) is 35.1. The summed E-state index contributed by atoms with van der Waals surface area (Å²) in [5, 5.41) is 0. The van der Waals surface area contributed by atoms with E-state index in [1.807, 2.05) is 6.92 Å². The van der Waals surface area contributed by atoms with Gasteiger partial charge in [-0.2, -0.15) is 0 Å². The molecular formula is C51H75O61S13-13. The van der Waals surface area contributed by atoms with Gasteiger partial charge in [0.2, 0.25) is 141 Å². The first-order valence-electron chi connectivity index (χ1n) is 35.5. The summed E-state index contributed by atoms with van der Waals surface area (Å²) in [6.45, 7) is 1.22. The van der Waals surface area contributed by atoms with Gasteiger partial charge in [0, 0.05) is 0 Å². The lowest BCUT2D eigenvalue weighted by atomic mass is 9.44. The first-order valence-corrected chi connectivity index (χ1v) is 52.9. The normalized spacial score (nSPS) is 36.9. The van der Waals surface area contributed by atoms with Crippen molar-refractivity contribution in [1.29, 1.82) is 0 Å². The minimum Gasteiger partial charge on any atom is -0.726 e. The molecule has 4 heterocycles. The molecule has 0 aromatic heterocycles. The predicted molar refractivity (Wildman–Crippen MR) is 362 cm³/mol. The standard InChI is InChI=1S/C51H88O61S13/c1-22(2)7-6-8-23(3)27-13-14-28-26-12-10-24-9-11-25(17-51(24,5)29(26)15-16-50(27,28)4)102-103-49-45(112-125(88,89)90)40(107-120(73,74)75)36(32(98-49)20-93-115(58,59)60)101-47-43(110-123(82,83)84)38(105-118(67,68)69)34(30(96-47)18-91-113(52,53)54)99-46-42(109-122(79,80)81)39(106-119(70,71)72)35(31(95-46)19-92-114(55,56)57)100-48-44(111-124(85,86)87)41(108-121(76,77)78)37(104-117(64,65)66)33(97-48)21-94-116(61,62)63/h22-49H,6-21H2,1-5H3,(H,52,53,54)(H,55,56,57)(H,58,59,60)(H,61,62,63)(H,64,65,66)(H,67,68,69)(H,70,71,72)(H,73,74,75)(H,76,77,78)(H,79,80,81)(H,82,83,84)(H,85,86,87)(H,88,89,90)/p-13/t23-,24-,25-,26+,27-,28+,29+,30+,31+,32-,33+,34-,35-,36-,37-,38+,39+,40+,41+,42+,43+,44+,45+,46-,47-,48-,49-,50-,51+/m1/s1. The van der Waals surface area contributed by atoms with Gasteiger partial charge in [0.25, 0.3) is 0 Å². The largest absolute Gasteiger partial charge is 0.726 e. The Labute approximate surface area is 715 Å². The summed E-state index contributed by atoms with van der Waals surface area (Å²) in [5.41, 5.74) is -0.667. The maximum atomic E-state index is 13.0. The molecule has 4 aliphatic carbocycles. The molecule has 0 unspecified atom stereocenters. The Morgan fingerprint density at radius 3 is 0.920 bits per heavy atom. The average Bonchev–Trinajstić information content (AvgIpc) is 1.65. The molecule has 0 amide bonds. The number of rotatable bonds is 44. The Balaban J connectivity index is 1.25. The monoisotopic (exact) mass is 2080 g/mol. The Morgan fingerprint density at radius 1 is 0.304 bits per heavy atom. The maximum Gasteiger partial charge on any atom is 0.222 e. The van der Waals surface area contributed by atoms with Crippen LogP contribution in [0.2, 0.25) is 0 Å². The zero-order chi connectivity index (χ0) is 94.5. The summed E-state index contributed by atoms with van der Waals surface area (Å²) in [4.78, 5) is 11.3. The van der Waals surface area contributed by atoms with E-state index in [1.54, 1.807) is 0 Å². The fourth-order valence-corrected chi connectivity index (χ4v) is 23.3. The van der Waals surface area contributed by atoms with E-state index in [9.17, 15) is 169 Å². The molecule has 8 fully saturated rings. The Bertz CT molecular complexity index is 5330. The molecule has 61 nitrogen and oxygen atoms in total. The summed E-state index contributed by atoms with van der Waals surface area (Å²) >= 11 is 0. The van der Waals surface area contributed by atoms with E-state index in [1.165, 1.54) is 0 Å². The lowest BCUT2D eigenvalue weighted by molar-refractivity contribution is -0.446. The van der Waals surface area contributed by atoms with Crippen LogP contribution in [0.5, 0.6) is 0 Å². The smallest absolute Gasteiger partial charge is 0.222 e. The van der Waals surface area contributed by atoms with Gasteiger partial charge in [-0.15, -0.1) is 0 Å². The summed E-state index contributed by atoms with van der Waals surface area (Å²) in [7, 11) is -88.1. The highest BCUT2D eigenvalue weighted by Gasteiger charge is 2.65. The Hall–Kier alpha value is -2.05. The second-order valence-corrected chi connectivity index (χ2v) is 43.5. The highest BCUT2D eigenvalue weighted by atomic mass is 32.3. The number of ether oxygens (including phenoxy) is 7. The molecule has 4 aliphatic heterocycles. The lowest BCUT2D eigenvalue weighted by Crippen LogP contribution is -2.69. The first-order chi connectivity index (χ1) is 56.4. The quantitative estimate of drug-likeness (QED) is 0.0237. The van der Waals surface area contributed by atoms with Crippen LogP contribution in [0.1, 0.15) is 112 Å². The second kappa shape index (κ2) is 40.5. The first kappa shape index (κ1) is 108. The molecule has 8 rings (SSSR count). The van der Waals surface area contributed by atoms with Crippen molar-refractivity contribution in [3.05, 3.63) is 0 Å². The molecule has 0 radical (unpaired) electrons. The molecule has 8 aliphatic rings. The van der Waals surface area contributed by atoms with Crippen LogP contribution in [0.15, 0.2) is 0 Å². The minimum atomic E-state index is -7.14. The average molecular weight is 2080 g/mol. The van der Waals surface area contributed by atoms with Gasteiger partial charge in [0.1, 0.15) is 73.2 Å². The molecule has 0 aromatic carbocycles. The van der Waals surface area contributed by atoms with Crippen molar-refractivity contribution in [2.45, 2.75) is 241 Å². The molecule has 0 N–H and O–H groups in total. The summed E-state index contributed by atoms with van der Waals surface area (Å²) in [6.07, 6.45) is -67.6. The fourth-order valence-electron chi connectivity index (χ4n) is 17.8. The molecule has 4 saturated carbocycles. The van der Waals surface area contributed by atoms with E-state index in [0.717, 1.165) is 57.8 Å². The molecule has 4 saturated heterocycles. The zero-order valence-corrected chi connectivity index (χ0v) is 74.3. The van der Waals surface area contributed by atoms with Gasteiger partial charge in [0.15, 0.2) is 43.3 Å². The van der Waals surface area contributed by atoms with E-state index >= 15 is 0 Å². The third-order valence-electron chi connectivity index (χ3n) is 21.9. The third kappa shape index (κ3) is 32.6. The lowest BCUT2D eigenvalue weighted by Gasteiger charge is -2.61. The van der Waals surface area contributed by atoms with Gasteiger partial charge in [-0.25, -0.2) is 119 Å². The van der Waals surface area contributed by atoms with Crippen LogP contribution in [0.3, 0.4) is 0 Å². The SMILES string of the molecule is CC(C)CCC[C@@H](C)[C@H]1CC[C@H]2[C@@H]3CC[C@H]4CC[C@@H](OO[C@H]5O[C@H](COS(=O)(=O)[O-])[C@@H](O[C@H]6O[C@@H](COS(=O)(=O)[O-])[C@@H](O[C@H]7O[C@@H](COS(=O)(=O)[O-])[C@@H](O[C@H]8O[C@@H](COS(=O)(=O)[O-])[C@@H](OS(=O)(=O)[O-])[C@H](OS(=O)(=O)[O-])[C@@H]8OS(=O)(=O)[O-])[C@H](OS(=O)(=O)[O-])[C@@H]7OS(=O)(=O)[O-])[C@H](OS(=O)(=O)[O-])[C@@H]6OS(=O)(=O)[O-])[C@H](OS(=O)(=O)[O-])[C@@H]5OS(=O)(=O)[O-])C[C@]4(C)[C@H]3CC[C@]12C. The molecule has 29 atom stereocenters. The van der Waals surface area contributed by atoms with E-state index in [-0.39, 0.29) is 41.9 Å². The minimum absolute atomic E-state index is 0.00567. The molecule has 0 aromatic rings. The van der Waals surface area contributed by atoms with E-state index < -0.39 is 296 Å². The van der Waals surface area contributed by atoms with Crippen molar-refractivity contribution >= 4 is 135 Å². The van der Waals surface area contributed by atoms with Crippen molar-refractivity contribution in [2.75, 3.05) is 26.4 Å². The van der Waals surface area contributed by atoms with Crippen molar-refractivity contribution in [2.24, 2.45) is 52.3 Å². The maximum absolute atomic E-state index is 13.0. The second-order valence-electron chi connectivity index (χ2n) is 30.2. The van der Waals surface area contributed by atoms with Crippen LogP contribution in [0.25, 0.3) is 0 Å². The van der Waals surface area contributed by atoms with E-state index in [4.69, 9.17) is 42.9 Å². The van der Waals surface area contributed by atoms with Crippen molar-refractivity contribution in [3.63, 3.8) is 0 Å². The van der Waals surface area contributed by atoms with Gasteiger partial charge in [-0.1, -0.05) is 53.9 Å². The van der Waals surface area contributed by atoms with Crippen LogP contribution in [-0.2, 0) is 233 Å². The number of hydrogen-bond donors (Lipinski definition) is 0. The van der Waals surface area contributed by atoms with E-state index in [0.29, 0.717) is 24.2 Å². The topological polar surface area (TPSA) is 947 Å². The third-order valence-corrected chi connectivity index (χ3v) is 27.7. The summed E-state index contributed by atoms with van der Waals surface area (Å²) in [5.74, 6) is 1.75. The van der Waals surface area contributed by atoms with Crippen LogP contribution < -0.4 is 0 Å². The Morgan fingerprint density at radius 2 is 0.592 bits per heavy atom. The van der Waals surface area contributed by atoms with Gasteiger partial charge in [0.05, 0.1) is 32.5 Å². The van der Waals surface area contributed by atoms with E-state index in [2.05, 4.69) is 82.1 Å². The van der Waals surface area contributed by atoms with Crippen molar-refractivity contribution < 1.29 is 266 Å². The van der Waals surface area contributed by atoms with Gasteiger partial charge < -0.3 is 92.3 Å². The molecule has 0 bridgehead atoms. The number of fused-ring (bicyclic) bond motifs is 5. The molecule has 736 valence electrons. The molecule has 74 heteroatoms. The van der Waals surface area contributed by atoms with Gasteiger partial charge in [-0.05, 0) is 110 Å². The fraction of sp³-hybridized carbons (Fsp3) is 1.00. The molecule has 125 heavy (non-hydrogen) atoms.